The Labute approximate surface area is 175 Å². The number of amides is 2. The molecule has 27 heavy (non-hydrogen) atoms. The second kappa shape index (κ2) is 7.40. The highest BCUT2D eigenvalue weighted by Gasteiger charge is 2.52. The third-order valence-corrected chi connectivity index (χ3v) is 7.97. The predicted molar refractivity (Wildman–Crippen MR) is 112 cm³/mol. The van der Waals surface area contributed by atoms with E-state index in [1.165, 1.54) is 4.90 Å². The first-order chi connectivity index (χ1) is 12.9. The molecule has 1 aliphatic carbocycles. The van der Waals surface area contributed by atoms with Crippen molar-refractivity contribution in [1.82, 2.24) is 0 Å². The molecule has 0 unspecified atom stereocenters. The molecule has 2 aliphatic rings. The Kier molecular flexibility index (Phi) is 5.12. The minimum atomic E-state index is -0.237. The molecule has 4 nitrogen and oxygen atoms in total. The van der Waals surface area contributed by atoms with E-state index < -0.39 is 0 Å². The molecule has 0 N–H and O–H groups in total. The summed E-state index contributed by atoms with van der Waals surface area (Å²) in [6, 6.07) is 14.9. The van der Waals surface area contributed by atoms with Crippen LogP contribution in [0, 0.1) is 18.8 Å². The number of hydrogen-bond acceptors (Lipinski definition) is 3. The van der Waals surface area contributed by atoms with Crippen LogP contribution in [0.15, 0.2) is 48.5 Å². The number of carbonyl (C=O) groups is 2. The third kappa shape index (κ3) is 3.57. The summed E-state index contributed by atoms with van der Waals surface area (Å²) in [6.45, 7) is 2.01. The molecule has 2 amide bonds. The second-order valence-electron chi connectivity index (χ2n) is 7.14. The van der Waals surface area contributed by atoms with Crippen LogP contribution in [0.25, 0.3) is 0 Å². The first-order valence-electron chi connectivity index (χ1n) is 8.94. The summed E-state index contributed by atoms with van der Waals surface area (Å²) >= 11 is 7.23. The van der Waals surface area contributed by atoms with E-state index >= 15 is 0 Å². The minimum absolute atomic E-state index is 0.0961. The SMILES string of the molecule is Cc1cccc(Oc2ccc(N3C(=O)[C@H]4C[C@@H](Br)[C@H](Br)C[C@@H]4C3=O)cc2)c1. The fourth-order valence-electron chi connectivity index (χ4n) is 3.83. The molecular formula is C21H19Br2NO3. The summed E-state index contributed by atoms with van der Waals surface area (Å²) in [7, 11) is 0. The largest absolute Gasteiger partial charge is 0.457 e. The molecule has 1 heterocycles. The monoisotopic (exact) mass is 491 g/mol. The lowest BCUT2D eigenvalue weighted by molar-refractivity contribution is -0.122. The average Bonchev–Trinajstić information content (AvgIpc) is 2.87. The summed E-state index contributed by atoms with van der Waals surface area (Å²) in [4.78, 5) is 27.5. The van der Waals surface area contributed by atoms with E-state index in [1.807, 2.05) is 31.2 Å². The summed E-state index contributed by atoms with van der Waals surface area (Å²) < 4.78 is 5.85. The zero-order chi connectivity index (χ0) is 19.1. The van der Waals surface area contributed by atoms with Crippen molar-refractivity contribution in [2.24, 2.45) is 11.8 Å². The lowest BCUT2D eigenvalue weighted by atomic mass is 9.81. The van der Waals surface area contributed by atoms with Gasteiger partial charge in [-0.2, -0.15) is 0 Å². The van der Waals surface area contributed by atoms with Gasteiger partial charge in [0.25, 0.3) is 0 Å². The molecule has 140 valence electrons. The standard InChI is InChI=1S/C21H19Br2NO3/c1-12-3-2-4-15(9-12)27-14-7-5-13(6-8-14)24-20(25)16-10-18(22)19(23)11-17(16)21(24)26/h2-9,16-19H,10-11H2,1H3/t16-,17-,18+,19+/m0/s1. The summed E-state index contributed by atoms with van der Waals surface area (Å²) in [6.07, 6.45) is 1.35. The van der Waals surface area contributed by atoms with Gasteiger partial charge in [0.1, 0.15) is 11.5 Å². The number of carbonyl (C=O) groups excluding carboxylic acids is 2. The first-order valence-corrected chi connectivity index (χ1v) is 10.8. The van der Waals surface area contributed by atoms with E-state index in [-0.39, 0.29) is 33.3 Å². The molecule has 0 spiro atoms. The summed E-state index contributed by atoms with van der Waals surface area (Å²) in [5, 5.41) is 0. The van der Waals surface area contributed by atoms with Crippen molar-refractivity contribution >= 4 is 49.4 Å². The van der Waals surface area contributed by atoms with Crippen LogP contribution in [0.4, 0.5) is 5.69 Å². The number of halogens is 2. The van der Waals surface area contributed by atoms with Gasteiger partial charge >= 0.3 is 0 Å². The Morgan fingerprint density at radius 1 is 0.889 bits per heavy atom. The zero-order valence-electron chi connectivity index (χ0n) is 14.8. The molecule has 0 bridgehead atoms. The van der Waals surface area contributed by atoms with Crippen LogP contribution >= 0.6 is 31.9 Å². The molecule has 1 saturated carbocycles. The average molecular weight is 493 g/mol. The van der Waals surface area contributed by atoms with Crippen molar-refractivity contribution in [2.75, 3.05) is 4.90 Å². The molecule has 1 aliphatic heterocycles. The first kappa shape index (κ1) is 18.7. The van der Waals surface area contributed by atoms with E-state index in [0.29, 0.717) is 24.3 Å². The number of aryl methyl sites for hydroxylation is 1. The number of imide groups is 1. The molecule has 6 heteroatoms. The van der Waals surface area contributed by atoms with Gasteiger partial charge in [-0.1, -0.05) is 44.0 Å². The third-order valence-electron chi connectivity index (χ3n) is 5.23. The number of ether oxygens (including phenoxy) is 1. The van der Waals surface area contributed by atoms with Gasteiger partial charge in [-0.3, -0.25) is 14.5 Å². The Morgan fingerprint density at radius 2 is 1.48 bits per heavy atom. The van der Waals surface area contributed by atoms with E-state index in [9.17, 15) is 9.59 Å². The Balaban J connectivity index is 1.53. The van der Waals surface area contributed by atoms with Crippen LogP contribution in [0.5, 0.6) is 11.5 Å². The topological polar surface area (TPSA) is 46.6 Å². The van der Waals surface area contributed by atoms with Gasteiger partial charge in [0.15, 0.2) is 0 Å². The molecule has 1 saturated heterocycles. The van der Waals surface area contributed by atoms with Gasteiger partial charge in [0.05, 0.1) is 17.5 Å². The summed E-state index contributed by atoms with van der Waals surface area (Å²) in [5.41, 5.74) is 1.73. The van der Waals surface area contributed by atoms with Gasteiger partial charge < -0.3 is 4.74 Å². The smallest absolute Gasteiger partial charge is 0.237 e. The molecular weight excluding hydrogens is 474 g/mol. The van der Waals surface area contributed by atoms with Crippen molar-refractivity contribution < 1.29 is 14.3 Å². The fraction of sp³-hybridized carbons (Fsp3) is 0.333. The van der Waals surface area contributed by atoms with Crippen molar-refractivity contribution in [2.45, 2.75) is 29.4 Å². The number of rotatable bonds is 3. The maximum absolute atomic E-state index is 12.9. The van der Waals surface area contributed by atoms with Gasteiger partial charge in [-0.25, -0.2) is 0 Å². The minimum Gasteiger partial charge on any atom is -0.457 e. The lowest BCUT2D eigenvalue weighted by Gasteiger charge is -2.29. The maximum atomic E-state index is 12.9. The highest BCUT2D eigenvalue weighted by molar-refractivity contribution is 9.12. The predicted octanol–water partition coefficient (Wildman–Crippen LogP) is 5.21. The number of benzene rings is 2. The van der Waals surface area contributed by atoms with Crippen molar-refractivity contribution in [3.05, 3.63) is 54.1 Å². The highest BCUT2D eigenvalue weighted by Crippen LogP contribution is 2.44. The van der Waals surface area contributed by atoms with Crippen molar-refractivity contribution in [1.29, 1.82) is 0 Å². The maximum Gasteiger partial charge on any atom is 0.237 e. The number of nitrogens with zero attached hydrogens (tertiary/aromatic N) is 1. The molecule has 0 aromatic heterocycles. The number of anilines is 1. The quantitative estimate of drug-likeness (QED) is 0.436. The number of fused-ring (bicyclic) bond motifs is 1. The van der Waals surface area contributed by atoms with Crippen molar-refractivity contribution in [3.8, 4) is 11.5 Å². The fourth-order valence-corrected chi connectivity index (χ4v) is 5.06. The second-order valence-corrected chi connectivity index (χ2v) is 9.49. The van der Waals surface area contributed by atoms with Crippen molar-refractivity contribution in [3.63, 3.8) is 0 Å². The normalized spacial score (nSPS) is 27.6. The van der Waals surface area contributed by atoms with Crippen LogP contribution in [-0.4, -0.2) is 21.5 Å². The van der Waals surface area contributed by atoms with Crippen LogP contribution < -0.4 is 9.64 Å². The van der Waals surface area contributed by atoms with E-state index in [1.54, 1.807) is 24.3 Å². The molecule has 4 atom stereocenters. The van der Waals surface area contributed by atoms with E-state index in [0.717, 1.165) is 11.3 Å². The Morgan fingerprint density at radius 3 is 2.04 bits per heavy atom. The Hall–Kier alpha value is -1.66. The van der Waals surface area contributed by atoms with Crippen LogP contribution in [0.3, 0.4) is 0 Å². The van der Waals surface area contributed by atoms with Crippen LogP contribution in [-0.2, 0) is 9.59 Å². The highest BCUT2D eigenvalue weighted by atomic mass is 79.9. The summed E-state index contributed by atoms with van der Waals surface area (Å²) in [5.74, 6) is 0.760. The van der Waals surface area contributed by atoms with Crippen LogP contribution in [0.2, 0.25) is 0 Å². The molecule has 2 aromatic rings. The lowest BCUT2D eigenvalue weighted by Crippen LogP contribution is -2.34. The van der Waals surface area contributed by atoms with Gasteiger partial charge in [-0.05, 0) is 61.7 Å². The van der Waals surface area contributed by atoms with Crippen LogP contribution in [0.1, 0.15) is 18.4 Å². The molecule has 2 aromatic carbocycles. The van der Waals surface area contributed by atoms with Gasteiger partial charge in [0.2, 0.25) is 11.8 Å². The van der Waals surface area contributed by atoms with Gasteiger partial charge in [-0.15, -0.1) is 0 Å². The van der Waals surface area contributed by atoms with E-state index in [4.69, 9.17) is 4.74 Å². The number of alkyl halides is 2. The van der Waals surface area contributed by atoms with Gasteiger partial charge in [0, 0.05) is 9.65 Å². The zero-order valence-corrected chi connectivity index (χ0v) is 17.9. The molecule has 0 radical (unpaired) electrons. The van der Waals surface area contributed by atoms with E-state index in [2.05, 4.69) is 31.9 Å². The number of hydrogen-bond donors (Lipinski definition) is 0. The Bertz CT molecular complexity index is 855. The molecule has 2 fully saturated rings. The molecule has 4 rings (SSSR count).